The smallest absolute Gasteiger partial charge is 0.143 e. The Morgan fingerprint density at radius 1 is 0.321 bits per heavy atom. The Morgan fingerprint density at radius 3 is 1.54 bits per heavy atom. The van der Waals surface area contributed by atoms with E-state index < -0.39 is 0 Å². The van der Waals surface area contributed by atoms with Crippen LogP contribution in [0.15, 0.2) is 229 Å². The third-order valence-corrected chi connectivity index (χ3v) is 10.7. The van der Waals surface area contributed by atoms with Gasteiger partial charge in [-0.1, -0.05) is 182 Å². The highest BCUT2D eigenvalue weighted by molar-refractivity contribution is 6.02. The first-order valence-electron chi connectivity index (χ1n) is 19.1. The van der Waals surface area contributed by atoms with Crippen LogP contribution in [0.25, 0.3) is 77.6 Å². The summed E-state index contributed by atoms with van der Waals surface area (Å²) in [5.74, 6) is 0.882. The molecule has 0 amide bonds. The minimum Gasteiger partial charge on any atom is -0.455 e. The maximum atomic E-state index is 6.57. The minimum atomic E-state index is 0.882. The van der Waals surface area contributed by atoms with E-state index in [1.165, 1.54) is 33.0 Å². The van der Waals surface area contributed by atoms with Gasteiger partial charge in [-0.3, -0.25) is 0 Å². The molecule has 1 aromatic heterocycles. The maximum absolute atomic E-state index is 6.57. The van der Waals surface area contributed by atoms with Crippen LogP contribution in [-0.4, -0.2) is 0 Å². The summed E-state index contributed by atoms with van der Waals surface area (Å²) in [5.41, 5.74) is 14.6. The largest absolute Gasteiger partial charge is 0.455 e. The molecule has 9 aromatic carbocycles. The highest BCUT2D eigenvalue weighted by Gasteiger charge is 2.19. The maximum Gasteiger partial charge on any atom is 0.143 e. The fourth-order valence-electron chi connectivity index (χ4n) is 8.01. The molecule has 1 heterocycles. The zero-order chi connectivity index (χ0) is 37.3. The summed E-state index contributed by atoms with van der Waals surface area (Å²) < 4.78 is 6.57. The van der Waals surface area contributed by atoms with Crippen LogP contribution in [0.2, 0.25) is 0 Å². The first-order chi connectivity index (χ1) is 27.8. The van der Waals surface area contributed by atoms with Crippen molar-refractivity contribution in [3.63, 3.8) is 0 Å². The summed E-state index contributed by atoms with van der Waals surface area (Å²) in [6, 6.07) is 79.9. The second-order valence-corrected chi connectivity index (χ2v) is 14.1. The van der Waals surface area contributed by atoms with Crippen molar-refractivity contribution in [1.82, 2.24) is 0 Å². The summed E-state index contributed by atoms with van der Waals surface area (Å²) in [4.78, 5) is 2.37. The molecule has 2 nitrogen and oxygen atoms in total. The molecule has 56 heavy (non-hydrogen) atoms. The molecule has 0 saturated carbocycles. The number of benzene rings is 9. The van der Waals surface area contributed by atoms with Gasteiger partial charge in [0.15, 0.2) is 0 Å². The predicted octanol–water partition coefficient (Wildman–Crippen LogP) is 15.4. The van der Waals surface area contributed by atoms with E-state index in [4.69, 9.17) is 4.42 Å². The summed E-state index contributed by atoms with van der Waals surface area (Å²) in [6.07, 6.45) is 0. The van der Waals surface area contributed by atoms with Crippen LogP contribution in [-0.2, 0) is 0 Å². The molecule has 0 N–H and O–H groups in total. The van der Waals surface area contributed by atoms with Crippen molar-refractivity contribution in [3.05, 3.63) is 224 Å². The first kappa shape index (κ1) is 33.2. The average molecular weight is 716 g/mol. The Bertz CT molecular complexity index is 2940. The molecule has 0 fully saturated rings. The topological polar surface area (TPSA) is 16.4 Å². The number of hydrogen-bond donors (Lipinski definition) is 0. The number of furan rings is 1. The van der Waals surface area contributed by atoms with Crippen molar-refractivity contribution in [3.8, 4) is 55.8 Å². The molecular formula is C54H37NO. The SMILES string of the molecule is c1ccc(-c2ccccc2-c2ccc(N(c3ccc(-c4cccc(-c5oc6ccccc6c5-c5ccccc5)c4)cc3)c3cccc4ccccc34)cc2)cc1. The van der Waals surface area contributed by atoms with Gasteiger partial charge >= 0.3 is 0 Å². The van der Waals surface area contributed by atoms with Crippen LogP contribution in [0.3, 0.4) is 0 Å². The van der Waals surface area contributed by atoms with Crippen LogP contribution < -0.4 is 4.90 Å². The molecule has 10 aromatic rings. The summed E-state index contributed by atoms with van der Waals surface area (Å²) >= 11 is 0. The molecular weight excluding hydrogens is 679 g/mol. The van der Waals surface area contributed by atoms with Crippen molar-refractivity contribution in [2.75, 3.05) is 4.90 Å². The van der Waals surface area contributed by atoms with E-state index in [0.29, 0.717) is 0 Å². The minimum absolute atomic E-state index is 0.882. The van der Waals surface area contributed by atoms with E-state index in [-0.39, 0.29) is 0 Å². The Labute approximate surface area is 327 Å². The zero-order valence-corrected chi connectivity index (χ0v) is 30.7. The Hall–Kier alpha value is -7.42. The Kier molecular flexibility index (Phi) is 8.55. The van der Waals surface area contributed by atoms with Crippen LogP contribution in [0.1, 0.15) is 0 Å². The zero-order valence-electron chi connectivity index (χ0n) is 30.7. The standard InChI is InChI=1S/C54H37NO/c1-3-15-39(16-4-1)47-23-9-10-24-48(47)41-31-35-46(36-32-41)55(51-27-14-20-40-17-7-8-25-49(40)51)45-33-29-38(30-34-45)43-21-13-22-44(37-43)54-53(42-18-5-2-6-19-42)50-26-11-12-28-52(50)56-54/h1-37H. The van der Waals surface area contributed by atoms with Crippen LogP contribution in [0, 0.1) is 0 Å². The number of nitrogens with zero attached hydrogens (tertiary/aromatic N) is 1. The predicted molar refractivity (Wildman–Crippen MR) is 236 cm³/mol. The second kappa shape index (κ2) is 14.4. The Balaban J connectivity index is 1.04. The molecule has 2 heteroatoms. The summed E-state index contributed by atoms with van der Waals surface area (Å²) in [5, 5.41) is 3.52. The molecule has 0 aliphatic heterocycles. The molecule has 0 bridgehead atoms. The first-order valence-corrected chi connectivity index (χ1v) is 19.1. The van der Waals surface area contributed by atoms with E-state index in [2.05, 4.69) is 217 Å². The molecule has 0 atom stereocenters. The van der Waals surface area contributed by atoms with Crippen molar-refractivity contribution in [2.45, 2.75) is 0 Å². The fraction of sp³-hybridized carbons (Fsp3) is 0. The number of fused-ring (bicyclic) bond motifs is 2. The lowest BCUT2D eigenvalue weighted by molar-refractivity contribution is 0.632. The number of rotatable bonds is 8. The van der Waals surface area contributed by atoms with Gasteiger partial charge in [0.1, 0.15) is 11.3 Å². The van der Waals surface area contributed by atoms with Gasteiger partial charge in [0, 0.05) is 33.3 Å². The third kappa shape index (κ3) is 6.14. The average Bonchev–Trinajstić information content (AvgIpc) is 3.68. The van der Waals surface area contributed by atoms with Gasteiger partial charge < -0.3 is 9.32 Å². The van der Waals surface area contributed by atoms with E-state index in [1.54, 1.807) is 0 Å². The van der Waals surface area contributed by atoms with Gasteiger partial charge in [-0.25, -0.2) is 0 Å². The van der Waals surface area contributed by atoms with E-state index in [9.17, 15) is 0 Å². The molecule has 10 rings (SSSR count). The van der Waals surface area contributed by atoms with Gasteiger partial charge in [-0.05, 0) is 86.8 Å². The highest BCUT2D eigenvalue weighted by Crippen LogP contribution is 2.43. The number of hydrogen-bond acceptors (Lipinski definition) is 2. The van der Waals surface area contributed by atoms with E-state index in [1.807, 2.05) is 12.1 Å². The lowest BCUT2D eigenvalue weighted by Gasteiger charge is -2.27. The van der Waals surface area contributed by atoms with E-state index in [0.717, 1.165) is 61.6 Å². The molecule has 264 valence electrons. The van der Waals surface area contributed by atoms with E-state index >= 15 is 0 Å². The lowest BCUT2D eigenvalue weighted by Crippen LogP contribution is -2.10. The molecule has 0 aliphatic carbocycles. The monoisotopic (exact) mass is 715 g/mol. The van der Waals surface area contributed by atoms with Crippen LogP contribution in [0.5, 0.6) is 0 Å². The molecule has 0 saturated heterocycles. The summed E-state index contributed by atoms with van der Waals surface area (Å²) in [7, 11) is 0. The van der Waals surface area contributed by atoms with Crippen molar-refractivity contribution in [1.29, 1.82) is 0 Å². The summed E-state index contributed by atoms with van der Waals surface area (Å²) in [6.45, 7) is 0. The van der Waals surface area contributed by atoms with Crippen LogP contribution in [0.4, 0.5) is 17.1 Å². The number of para-hydroxylation sites is 1. The van der Waals surface area contributed by atoms with Crippen molar-refractivity contribution >= 4 is 38.8 Å². The quantitative estimate of drug-likeness (QED) is 0.156. The second-order valence-electron chi connectivity index (χ2n) is 14.1. The number of anilines is 3. The van der Waals surface area contributed by atoms with Crippen molar-refractivity contribution in [2.24, 2.45) is 0 Å². The van der Waals surface area contributed by atoms with Crippen LogP contribution >= 0.6 is 0 Å². The third-order valence-electron chi connectivity index (χ3n) is 10.7. The normalized spacial score (nSPS) is 11.2. The molecule has 0 radical (unpaired) electrons. The lowest BCUT2D eigenvalue weighted by atomic mass is 9.94. The molecule has 0 unspecified atom stereocenters. The van der Waals surface area contributed by atoms with Gasteiger partial charge in [0.25, 0.3) is 0 Å². The van der Waals surface area contributed by atoms with Gasteiger partial charge in [0.05, 0.1) is 5.69 Å². The highest BCUT2D eigenvalue weighted by atomic mass is 16.3. The van der Waals surface area contributed by atoms with Gasteiger partial charge in [-0.15, -0.1) is 0 Å². The Morgan fingerprint density at radius 2 is 0.821 bits per heavy atom. The fourth-order valence-corrected chi connectivity index (χ4v) is 8.01. The van der Waals surface area contributed by atoms with Gasteiger partial charge in [-0.2, -0.15) is 0 Å². The van der Waals surface area contributed by atoms with Gasteiger partial charge in [0.2, 0.25) is 0 Å². The molecule has 0 aliphatic rings. The molecule has 0 spiro atoms. The van der Waals surface area contributed by atoms with Crippen molar-refractivity contribution < 1.29 is 4.42 Å².